The number of thiophene rings is 1. The van der Waals surface area contributed by atoms with Crippen LogP contribution in [0.4, 0.5) is 10.6 Å². The summed E-state index contributed by atoms with van der Waals surface area (Å²) in [6.07, 6.45) is 2.07. The second-order valence-electron chi connectivity index (χ2n) is 13.4. The third kappa shape index (κ3) is 4.31. The number of urea groups is 1. The van der Waals surface area contributed by atoms with E-state index in [-0.39, 0.29) is 24.4 Å². The summed E-state index contributed by atoms with van der Waals surface area (Å²) in [4.78, 5) is 71.1. The molecule has 1 saturated carbocycles. The SMILES string of the molecule is Cc1c(-c2cc(N3C(=O)C4CC5C(=CCC6C(=O)N(C(N)=O)C(=O)C65)C(c5cc(Br)ccc5O)C4(C)C3=O)n(C)n2)sc2ccc(Cl)cc12. The molecule has 2 aliphatic heterocycles. The topological polar surface area (TPSA) is 156 Å². The highest BCUT2D eigenvalue weighted by Gasteiger charge is 2.68. The number of aryl methyl sites for hydroxylation is 2. The Hall–Kier alpha value is -4.33. The quantitative estimate of drug-likeness (QED) is 0.191. The van der Waals surface area contributed by atoms with Crippen molar-refractivity contribution in [2.24, 2.45) is 41.9 Å². The number of halogens is 2. The number of amides is 6. The molecule has 250 valence electrons. The van der Waals surface area contributed by atoms with Gasteiger partial charge in [-0.3, -0.25) is 23.9 Å². The van der Waals surface area contributed by atoms with Gasteiger partial charge in [-0.2, -0.15) is 10.00 Å². The van der Waals surface area contributed by atoms with Crippen LogP contribution in [0.5, 0.6) is 5.75 Å². The number of anilines is 1. The van der Waals surface area contributed by atoms with Gasteiger partial charge >= 0.3 is 6.03 Å². The normalized spacial score (nSPS) is 27.9. The summed E-state index contributed by atoms with van der Waals surface area (Å²) < 4.78 is 3.19. The average Bonchev–Trinajstić information content (AvgIpc) is 3.72. The number of aromatic nitrogens is 2. The first-order valence-corrected chi connectivity index (χ1v) is 17.7. The number of rotatable bonds is 3. The number of aromatic hydroxyl groups is 1. The Morgan fingerprint density at radius 3 is 2.57 bits per heavy atom. The highest BCUT2D eigenvalue weighted by molar-refractivity contribution is 9.10. The second kappa shape index (κ2) is 10.8. The first-order chi connectivity index (χ1) is 23.2. The summed E-state index contributed by atoms with van der Waals surface area (Å²) in [6, 6.07) is 11.2. The van der Waals surface area contributed by atoms with Crippen molar-refractivity contribution in [1.82, 2.24) is 14.7 Å². The van der Waals surface area contributed by atoms with Crippen LogP contribution in [0.3, 0.4) is 0 Å². The summed E-state index contributed by atoms with van der Waals surface area (Å²) >= 11 is 11.3. The Morgan fingerprint density at radius 2 is 1.84 bits per heavy atom. The molecule has 3 N–H and O–H groups in total. The van der Waals surface area contributed by atoms with E-state index in [0.29, 0.717) is 31.2 Å². The summed E-state index contributed by atoms with van der Waals surface area (Å²) in [7, 11) is 1.68. The van der Waals surface area contributed by atoms with Crippen LogP contribution in [0.25, 0.3) is 20.7 Å². The number of primary amides is 1. The summed E-state index contributed by atoms with van der Waals surface area (Å²) in [5, 5.41) is 17.6. The minimum atomic E-state index is -1.38. The lowest BCUT2D eigenvalue weighted by atomic mass is 9.51. The molecule has 0 radical (unpaired) electrons. The number of imide groups is 4. The molecule has 0 bridgehead atoms. The van der Waals surface area contributed by atoms with Crippen molar-refractivity contribution in [1.29, 1.82) is 0 Å². The number of carbonyl (C=O) groups excluding carboxylic acids is 5. The van der Waals surface area contributed by atoms with Crippen LogP contribution in [0.1, 0.15) is 36.8 Å². The fraction of sp³-hybridized carbons (Fsp3) is 0.314. The number of hydrogen-bond donors (Lipinski definition) is 2. The molecule has 4 aliphatic rings. The minimum Gasteiger partial charge on any atom is -0.508 e. The molecule has 49 heavy (non-hydrogen) atoms. The Morgan fingerprint density at radius 1 is 1.08 bits per heavy atom. The zero-order valence-electron chi connectivity index (χ0n) is 26.4. The Labute approximate surface area is 297 Å². The fourth-order valence-electron chi connectivity index (χ4n) is 8.77. The number of allylic oxidation sites excluding steroid dienone is 2. The molecule has 2 aromatic heterocycles. The van der Waals surface area contributed by atoms with Crippen molar-refractivity contribution in [2.75, 3.05) is 4.90 Å². The number of benzene rings is 2. The number of nitrogens with zero attached hydrogens (tertiary/aromatic N) is 4. The van der Waals surface area contributed by atoms with Crippen LogP contribution in [-0.4, -0.2) is 49.4 Å². The van der Waals surface area contributed by atoms with E-state index in [1.54, 1.807) is 32.2 Å². The maximum atomic E-state index is 14.9. The van der Waals surface area contributed by atoms with E-state index in [9.17, 15) is 29.1 Å². The molecule has 6 atom stereocenters. The highest BCUT2D eigenvalue weighted by Crippen LogP contribution is 2.64. The maximum Gasteiger partial charge on any atom is 0.328 e. The van der Waals surface area contributed by atoms with E-state index in [1.165, 1.54) is 27.0 Å². The second-order valence-corrected chi connectivity index (χ2v) is 15.8. The standard InChI is InChI=1S/C35H29BrClN5O6S/c1-14-19-11-16(37)5-9-25(19)49-29(14)23-13-26(40(3)39-23)41-31(45)22-12-20-17(6-7-18-27(20)32(46)42(30(18)44)34(38)48)28(35(22,2)33(41)47)21-10-15(36)4-8-24(21)43/h4-6,8-11,13,18,20,22,27-28,43H,7,12H2,1-3H3,(H2,38,48). The molecule has 2 aromatic carbocycles. The molecule has 11 nitrogen and oxygen atoms in total. The molecule has 6 unspecified atom stereocenters. The number of nitrogens with two attached hydrogens (primary N) is 1. The number of carbonyl (C=O) groups is 5. The first-order valence-electron chi connectivity index (χ1n) is 15.7. The summed E-state index contributed by atoms with van der Waals surface area (Å²) in [5.74, 6) is -6.27. The molecule has 4 heterocycles. The summed E-state index contributed by atoms with van der Waals surface area (Å²) in [5.41, 5.74) is 6.72. The van der Waals surface area contributed by atoms with Crippen LogP contribution >= 0.6 is 38.9 Å². The fourth-order valence-corrected chi connectivity index (χ4v) is 10.5. The number of phenolic OH excluding ortho intramolecular Hbond substituents is 1. The van der Waals surface area contributed by atoms with Crippen molar-refractivity contribution < 1.29 is 29.1 Å². The number of phenols is 1. The lowest BCUT2D eigenvalue weighted by Gasteiger charge is -2.49. The molecule has 2 aliphatic carbocycles. The van der Waals surface area contributed by atoms with Gasteiger partial charge in [0.05, 0.1) is 28.0 Å². The Bertz CT molecular complexity index is 2250. The molecule has 6 amide bonds. The van der Waals surface area contributed by atoms with Gasteiger partial charge in [-0.1, -0.05) is 39.2 Å². The maximum absolute atomic E-state index is 14.9. The van der Waals surface area contributed by atoms with Crippen molar-refractivity contribution in [2.45, 2.75) is 32.6 Å². The number of hydrogen-bond acceptors (Lipinski definition) is 8. The van der Waals surface area contributed by atoms with Crippen molar-refractivity contribution in [3.63, 3.8) is 0 Å². The zero-order valence-corrected chi connectivity index (χ0v) is 29.6. The van der Waals surface area contributed by atoms with Crippen LogP contribution < -0.4 is 10.6 Å². The van der Waals surface area contributed by atoms with Gasteiger partial charge in [-0.05, 0) is 80.0 Å². The molecule has 0 spiro atoms. The molecule has 14 heteroatoms. The number of fused-ring (bicyclic) bond motifs is 5. The van der Waals surface area contributed by atoms with E-state index in [4.69, 9.17) is 22.4 Å². The summed E-state index contributed by atoms with van der Waals surface area (Å²) in [6.45, 7) is 3.72. The smallest absolute Gasteiger partial charge is 0.328 e. The van der Waals surface area contributed by atoms with E-state index < -0.39 is 64.7 Å². The first kappa shape index (κ1) is 31.9. The third-order valence-corrected chi connectivity index (χ3v) is 13.0. The van der Waals surface area contributed by atoms with Gasteiger partial charge in [0, 0.05) is 38.8 Å². The van der Waals surface area contributed by atoms with Crippen LogP contribution in [-0.2, 0) is 26.2 Å². The Kier molecular flexibility index (Phi) is 7.05. The average molecular weight is 763 g/mol. The lowest BCUT2D eigenvalue weighted by Crippen LogP contribution is -2.49. The minimum absolute atomic E-state index is 0.0775. The molecule has 3 fully saturated rings. The predicted octanol–water partition coefficient (Wildman–Crippen LogP) is 6.04. The van der Waals surface area contributed by atoms with Gasteiger partial charge in [-0.25, -0.2) is 9.69 Å². The van der Waals surface area contributed by atoms with E-state index in [1.807, 2.05) is 31.2 Å². The number of likely N-dealkylation sites (tertiary alicyclic amines) is 1. The van der Waals surface area contributed by atoms with E-state index in [0.717, 1.165) is 20.5 Å². The molecular weight excluding hydrogens is 734 g/mol. The van der Waals surface area contributed by atoms with Crippen LogP contribution in [0, 0.1) is 36.0 Å². The van der Waals surface area contributed by atoms with Crippen LogP contribution in [0.15, 0.2) is 58.6 Å². The molecule has 2 saturated heterocycles. The zero-order chi connectivity index (χ0) is 34.8. The lowest BCUT2D eigenvalue weighted by molar-refractivity contribution is -0.136. The van der Waals surface area contributed by atoms with Gasteiger partial charge in [0.1, 0.15) is 17.3 Å². The van der Waals surface area contributed by atoms with Gasteiger partial charge in [0.15, 0.2) is 0 Å². The predicted molar refractivity (Wildman–Crippen MR) is 186 cm³/mol. The van der Waals surface area contributed by atoms with Crippen LogP contribution in [0.2, 0.25) is 5.02 Å². The van der Waals surface area contributed by atoms with Crippen molar-refractivity contribution >= 4 is 84.4 Å². The van der Waals surface area contributed by atoms with Gasteiger partial charge in [0.25, 0.3) is 0 Å². The monoisotopic (exact) mass is 761 g/mol. The van der Waals surface area contributed by atoms with Gasteiger partial charge < -0.3 is 10.8 Å². The van der Waals surface area contributed by atoms with Gasteiger partial charge in [-0.15, -0.1) is 11.3 Å². The van der Waals surface area contributed by atoms with E-state index in [2.05, 4.69) is 15.9 Å². The van der Waals surface area contributed by atoms with Gasteiger partial charge in [0.2, 0.25) is 23.6 Å². The Balaban J connectivity index is 1.27. The van der Waals surface area contributed by atoms with E-state index >= 15 is 0 Å². The van der Waals surface area contributed by atoms with Crippen molar-refractivity contribution in [3.05, 3.63) is 74.7 Å². The third-order valence-electron chi connectivity index (χ3n) is 11.0. The highest BCUT2D eigenvalue weighted by atomic mass is 79.9. The molecule has 8 rings (SSSR count). The van der Waals surface area contributed by atoms with Crippen molar-refractivity contribution in [3.8, 4) is 16.3 Å². The molecular formula is C35H29BrClN5O6S. The molecule has 4 aromatic rings. The largest absolute Gasteiger partial charge is 0.508 e.